The van der Waals surface area contributed by atoms with Crippen LogP contribution in [0.3, 0.4) is 0 Å². The first-order chi connectivity index (χ1) is 7.77. The van der Waals surface area contributed by atoms with Crippen LogP contribution >= 0.6 is 0 Å². The molecule has 1 amide bonds. The molecule has 0 bridgehead atoms. The number of primary amides is 1. The van der Waals surface area contributed by atoms with Crippen molar-refractivity contribution >= 4 is 11.7 Å². The minimum Gasteiger partial charge on any atom is -0.369 e. The summed E-state index contributed by atoms with van der Waals surface area (Å²) in [5.74, 6) is 1.07. The molecule has 1 aliphatic heterocycles. The van der Waals surface area contributed by atoms with Crippen LogP contribution in [0.25, 0.3) is 0 Å². The highest BCUT2D eigenvalue weighted by Gasteiger charge is 2.33. The summed E-state index contributed by atoms with van der Waals surface area (Å²) in [4.78, 5) is 11.2. The first-order valence-electron chi connectivity index (χ1n) is 5.88. The van der Waals surface area contributed by atoms with E-state index in [0.29, 0.717) is 17.5 Å². The van der Waals surface area contributed by atoms with Gasteiger partial charge in [0.05, 0.1) is 12.2 Å². The van der Waals surface area contributed by atoms with Crippen LogP contribution in [0.4, 0.5) is 5.82 Å². The Hall–Kier alpha value is -1.52. The van der Waals surface area contributed by atoms with Crippen LogP contribution in [0, 0.1) is 5.92 Å². The Morgan fingerprint density at radius 1 is 1.50 bits per heavy atom. The van der Waals surface area contributed by atoms with Crippen molar-refractivity contribution < 1.29 is 4.79 Å². The Labute approximate surface area is 94.0 Å². The van der Waals surface area contributed by atoms with E-state index < -0.39 is 5.91 Å². The summed E-state index contributed by atoms with van der Waals surface area (Å²) in [6.45, 7) is 0.941. The number of fused-ring (bicyclic) bond motifs is 3. The van der Waals surface area contributed by atoms with Crippen LogP contribution in [-0.4, -0.2) is 22.2 Å². The number of nitrogens with one attached hydrogen (secondary N) is 1. The van der Waals surface area contributed by atoms with E-state index in [0.717, 1.165) is 12.4 Å². The molecule has 86 valence electrons. The predicted octanol–water partition coefficient (Wildman–Crippen LogP) is 1.14. The summed E-state index contributed by atoms with van der Waals surface area (Å²) in [5.41, 5.74) is 5.84. The first-order valence-corrected chi connectivity index (χ1v) is 5.88. The highest BCUT2D eigenvalue weighted by molar-refractivity contribution is 5.97. The number of rotatable bonds is 1. The Balaban J connectivity index is 2.00. The SMILES string of the molecule is NC(=O)c1cnn2c1NCC1CCCCC12. The molecule has 1 aliphatic carbocycles. The van der Waals surface area contributed by atoms with Crippen molar-refractivity contribution in [3.05, 3.63) is 11.8 Å². The molecule has 2 unspecified atom stereocenters. The van der Waals surface area contributed by atoms with Crippen LogP contribution in [0.5, 0.6) is 0 Å². The molecule has 1 saturated carbocycles. The Morgan fingerprint density at radius 3 is 3.12 bits per heavy atom. The standard InChI is InChI=1S/C11H16N4O/c12-10(16)8-6-14-15-9-4-2-1-3-7(9)5-13-11(8)15/h6-7,9,13H,1-5H2,(H2,12,16). The van der Waals surface area contributed by atoms with Crippen molar-refractivity contribution in [2.24, 2.45) is 11.7 Å². The lowest BCUT2D eigenvalue weighted by atomic mass is 9.83. The second kappa shape index (κ2) is 3.50. The van der Waals surface area contributed by atoms with Crippen LogP contribution in [0.2, 0.25) is 0 Å². The molecule has 1 aromatic rings. The molecule has 5 nitrogen and oxygen atoms in total. The molecule has 0 saturated heterocycles. The number of anilines is 1. The fourth-order valence-corrected chi connectivity index (χ4v) is 2.95. The average molecular weight is 220 g/mol. The number of carbonyl (C=O) groups is 1. The van der Waals surface area contributed by atoms with Crippen LogP contribution in [0.15, 0.2) is 6.20 Å². The van der Waals surface area contributed by atoms with Crippen molar-refractivity contribution in [3.63, 3.8) is 0 Å². The van der Waals surface area contributed by atoms with Crippen molar-refractivity contribution in [1.82, 2.24) is 9.78 Å². The molecule has 0 spiro atoms. The van der Waals surface area contributed by atoms with E-state index in [9.17, 15) is 4.79 Å². The molecule has 16 heavy (non-hydrogen) atoms. The third kappa shape index (κ3) is 1.31. The fraction of sp³-hybridized carbons (Fsp3) is 0.636. The van der Waals surface area contributed by atoms with Gasteiger partial charge in [-0.2, -0.15) is 5.10 Å². The van der Waals surface area contributed by atoms with Gasteiger partial charge in [0.1, 0.15) is 11.4 Å². The van der Waals surface area contributed by atoms with E-state index in [1.165, 1.54) is 25.7 Å². The highest BCUT2D eigenvalue weighted by Crippen LogP contribution is 2.39. The second-order valence-corrected chi connectivity index (χ2v) is 4.71. The molecule has 0 radical (unpaired) electrons. The monoisotopic (exact) mass is 220 g/mol. The molecule has 2 aliphatic rings. The van der Waals surface area contributed by atoms with Gasteiger partial charge in [0, 0.05) is 6.54 Å². The van der Waals surface area contributed by atoms with E-state index in [2.05, 4.69) is 10.4 Å². The van der Waals surface area contributed by atoms with Gasteiger partial charge in [-0.25, -0.2) is 4.68 Å². The number of carbonyl (C=O) groups excluding carboxylic acids is 1. The molecule has 3 rings (SSSR count). The van der Waals surface area contributed by atoms with Gasteiger partial charge in [0.2, 0.25) is 0 Å². The number of nitrogens with zero attached hydrogens (tertiary/aromatic N) is 2. The number of amides is 1. The van der Waals surface area contributed by atoms with Crippen molar-refractivity contribution in [2.75, 3.05) is 11.9 Å². The third-order valence-corrected chi connectivity index (χ3v) is 3.78. The van der Waals surface area contributed by atoms with Crippen LogP contribution in [0.1, 0.15) is 42.1 Å². The van der Waals surface area contributed by atoms with Crippen molar-refractivity contribution in [2.45, 2.75) is 31.7 Å². The van der Waals surface area contributed by atoms with Gasteiger partial charge in [0.15, 0.2) is 0 Å². The van der Waals surface area contributed by atoms with E-state index in [4.69, 9.17) is 5.73 Å². The number of aromatic nitrogens is 2. The zero-order valence-corrected chi connectivity index (χ0v) is 9.15. The quantitative estimate of drug-likeness (QED) is 0.745. The molecule has 1 aromatic heterocycles. The average Bonchev–Trinajstić information content (AvgIpc) is 2.73. The van der Waals surface area contributed by atoms with Crippen LogP contribution < -0.4 is 11.1 Å². The molecular formula is C11H16N4O. The summed E-state index contributed by atoms with van der Waals surface area (Å²) in [7, 11) is 0. The Morgan fingerprint density at radius 2 is 2.31 bits per heavy atom. The minimum absolute atomic E-state index is 0.400. The topological polar surface area (TPSA) is 72.9 Å². The summed E-state index contributed by atoms with van der Waals surface area (Å²) in [6, 6.07) is 0.457. The second-order valence-electron chi connectivity index (χ2n) is 4.71. The molecule has 5 heteroatoms. The van der Waals surface area contributed by atoms with Crippen LogP contribution in [-0.2, 0) is 0 Å². The van der Waals surface area contributed by atoms with E-state index in [1.807, 2.05) is 4.68 Å². The maximum atomic E-state index is 11.2. The van der Waals surface area contributed by atoms with Gasteiger partial charge >= 0.3 is 0 Å². The summed E-state index contributed by atoms with van der Waals surface area (Å²) >= 11 is 0. The molecule has 2 heterocycles. The molecule has 1 fully saturated rings. The maximum Gasteiger partial charge on any atom is 0.254 e. The van der Waals surface area contributed by atoms with Gasteiger partial charge in [0.25, 0.3) is 5.91 Å². The zero-order valence-electron chi connectivity index (χ0n) is 9.15. The summed E-state index contributed by atoms with van der Waals surface area (Å²) in [6.07, 6.45) is 6.57. The van der Waals surface area contributed by atoms with Gasteiger partial charge in [-0.15, -0.1) is 0 Å². The Kier molecular flexibility index (Phi) is 2.12. The van der Waals surface area contributed by atoms with Gasteiger partial charge in [-0.3, -0.25) is 4.79 Å². The minimum atomic E-state index is -0.400. The smallest absolute Gasteiger partial charge is 0.254 e. The van der Waals surface area contributed by atoms with Gasteiger partial charge in [-0.05, 0) is 18.8 Å². The molecule has 2 atom stereocenters. The first kappa shape index (κ1) is 9.69. The maximum absolute atomic E-state index is 11.2. The van der Waals surface area contributed by atoms with Gasteiger partial charge < -0.3 is 11.1 Å². The zero-order chi connectivity index (χ0) is 11.1. The summed E-state index contributed by atoms with van der Waals surface area (Å²) < 4.78 is 1.97. The number of nitrogens with two attached hydrogens (primary N) is 1. The lowest BCUT2D eigenvalue weighted by Crippen LogP contribution is -2.35. The molecule has 3 N–H and O–H groups in total. The van der Waals surface area contributed by atoms with Gasteiger partial charge in [-0.1, -0.05) is 12.8 Å². The van der Waals surface area contributed by atoms with E-state index >= 15 is 0 Å². The molecule has 0 aromatic carbocycles. The summed E-state index contributed by atoms with van der Waals surface area (Å²) in [5, 5.41) is 7.61. The van der Waals surface area contributed by atoms with Crippen molar-refractivity contribution in [3.8, 4) is 0 Å². The normalized spacial score (nSPS) is 27.8. The fourth-order valence-electron chi connectivity index (χ4n) is 2.95. The van der Waals surface area contributed by atoms with Crippen molar-refractivity contribution in [1.29, 1.82) is 0 Å². The Bertz CT molecular complexity index is 426. The van der Waals surface area contributed by atoms with E-state index in [-0.39, 0.29) is 0 Å². The third-order valence-electron chi connectivity index (χ3n) is 3.78. The highest BCUT2D eigenvalue weighted by atomic mass is 16.1. The predicted molar refractivity (Wildman–Crippen MR) is 60.2 cm³/mol. The lowest BCUT2D eigenvalue weighted by molar-refractivity contribution is 0.100. The number of hydrogen-bond acceptors (Lipinski definition) is 3. The molecular weight excluding hydrogens is 204 g/mol. The number of hydrogen-bond donors (Lipinski definition) is 2. The lowest BCUT2D eigenvalue weighted by Gasteiger charge is -2.37. The largest absolute Gasteiger partial charge is 0.369 e. The van der Waals surface area contributed by atoms with E-state index in [1.54, 1.807) is 6.20 Å².